The first-order valence-electron chi connectivity index (χ1n) is 7.25. The molecule has 0 aliphatic heterocycles. The summed E-state index contributed by atoms with van der Waals surface area (Å²) in [6, 6.07) is 11.9. The number of aryl methyl sites for hydroxylation is 2. The number of hydrogen-bond acceptors (Lipinski definition) is 5. The molecule has 118 valence electrons. The van der Waals surface area contributed by atoms with Crippen molar-refractivity contribution in [3.05, 3.63) is 59.0 Å². The molecule has 2 heterocycles. The van der Waals surface area contributed by atoms with Crippen LogP contribution in [0.25, 0.3) is 10.9 Å². The van der Waals surface area contributed by atoms with Gasteiger partial charge in [-0.1, -0.05) is 30.0 Å². The first kappa shape index (κ1) is 15.6. The summed E-state index contributed by atoms with van der Waals surface area (Å²) in [6.07, 6.45) is 0. The highest BCUT2D eigenvalue weighted by Gasteiger charge is 2.15. The summed E-state index contributed by atoms with van der Waals surface area (Å²) in [4.78, 5) is 16.3. The predicted molar refractivity (Wildman–Crippen MR) is 90.8 cm³/mol. The molecule has 0 amide bonds. The van der Waals surface area contributed by atoms with Crippen molar-refractivity contribution >= 4 is 28.6 Å². The fourth-order valence-electron chi connectivity index (χ4n) is 2.47. The van der Waals surface area contributed by atoms with E-state index >= 15 is 0 Å². The fraction of sp³-hybridized carbons (Fsp3) is 0.222. The van der Waals surface area contributed by atoms with Crippen LogP contribution in [0.3, 0.4) is 0 Å². The minimum absolute atomic E-state index is 0.373. The van der Waals surface area contributed by atoms with E-state index in [0.717, 1.165) is 16.3 Å². The first-order valence-corrected chi connectivity index (χ1v) is 8.24. The molecule has 0 saturated carbocycles. The second-order valence-corrected chi connectivity index (χ2v) is 6.25. The Hall–Kier alpha value is -2.27. The van der Waals surface area contributed by atoms with Gasteiger partial charge in [0, 0.05) is 5.39 Å². The van der Waals surface area contributed by atoms with E-state index in [1.54, 1.807) is 24.8 Å². The molecule has 5 heteroatoms. The molecule has 0 radical (unpaired) electrons. The number of nitrogens with zero attached hydrogens (tertiary/aromatic N) is 1. The van der Waals surface area contributed by atoms with Crippen LogP contribution in [0.5, 0.6) is 0 Å². The molecule has 23 heavy (non-hydrogen) atoms. The van der Waals surface area contributed by atoms with Crippen molar-refractivity contribution in [2.75, 3.05) is 7.11 Å². The fourth-order valence-corrected chi connectivity index (χ4v) is 3.32. The Kier molecular flexibility index (Phi) is 4.39. The molecule has 1 aromatic carbocycles. The van der Waals surface area contributed by atoms with Crippen molar-refractivity contribution in [2.24, 2.45) is 0 Å². The number of thioether (sulfide) groups is 1. The summed E-state index contributed by atoms with van der Waals surface area (Å²) < 4.78 is 10.4. The number of carbonyl (C=O) groups excluding carboxylic acids is 1. The molecule has 3 aromatic rings. The van der Waals surface area contributed by atoms with Gasteiger partial charge in [-0.15, -0.1) is 0 Å². The molecule has 0 atom stereocenters. The van der Waals surface area contributed by atoms with Gasteiger partial charge in [-0.3, -0.25) is 0 Å². The quantitative estimate of drug-likeness (QED) is 0.521. The zero-order chi connectivity index (χ0) is 16.4. The molecule has 0 fully saturated rings. The third-order valence-electron chi connectivity index (χ3n) is 3.64. The lowest BCUT2D eigenvalue weighted by atomic mass is 10.1. The van der Waals surface area contributed by atoms with E-state index in [0.29, 0.717) is 17.1 Å². The summed E-state index contributed by atoms with van der Waals surface area (Å²) in [5, 5.41) is 2.11. The Morgan fingerprint density at radius 1 is 1.26 bits per heavy atom. The molecule has 0 aliphatic rings. The lowest BCUT2D eigenvalue weighted by molar-refractivity contribution is 0.0599. The zero-order valence-electron chi connectivity index (χ0n) is 13.3. The van der Waals surface area contributed by atoms with Gasteiger partial charge in [0.2, 0.25) is 0 Å². The van der Waals surface area contributed by atoms with Crippen LogP contribution >= 0.6 is 11.8 Å². The number of carbonyl (C=O) groups is 1. The molecule has 0 unspecified atom stereocenters. The maximum absolute atomic E-state index is 11.6. The van der Waals surface area contributed by atoms with Crippen LogP contribution in [-0.2, 0) is 10.5 Å². The van der Waals surface area contributed by atoms with Gasteiger partial charge in [0.25, 0.3) is 0 Å². The molecule has 4 nitrogen and oxygen atoms in total. The Labute approximate surface area is 138 Å². The Bertz CT molecular complexity index is 870. The Balaban J connectivity index is 1.80. The van der Waals surface area contributed by atoms with Crippen LogP contribution in [0.1, 0.15) is 27.4 Å². The largest absolute Gasteiger partial charge is 0.465 e. The smallest absolute Gasteiger partial charge is 0.341 e. The van der Waals surface area contributed by atoms with Gasteiger partial charge >= 0.3 is 5.97 Å². The van der Waals surface area contributed by atoms with Crippen molar-refractivity contribution < 1.29 is 13.9 Å². The van der Waals surface area contributed by atoms with E-state index in [1.807, 2.05) is 18.2 Å². The molecule has 0 saturated heterocycles. The van der Waals surface area contributed by atoms with Crippen LogP contribution in [-0.4, -0.2) is 18.1 Å². The number of aromatic nitrogens is 1. The highest BCUT2D eigenvalue weighted by molar-refractivity contribution is 7.98. The number of hydrogen-bond donors (Lipinski definition) is 0. The highest BCUT2D eigenvalue weighted by atomic mass is 32.2. The molecule has 0 spiro atoms. The van der Waals surface area contributed by atoms with E-state index in [-0.39, 0.29) is 5.97 Å². The number of fused-ring (bicyclic) bond motifs is 1. The van der Waals surface area contributed by atoms with Gasteiger partial charge in [-0.2, -0.15) is 0 Å². The van der Waals surface area contributed by atoms with Gasteiger partial charge in [-0.25, -0.2) is 9.78 Å². The lowest BCUT2D eigenvalue weighted by Crippen LogP contribution is -2.00. The van der Waals surface area contributed by atoms with Crippen LogP contribution in [0.2, 0.25) is 0 Å². The third-order valence-corrected chi connectivity index (χ3v) is 4.57. The molecule has 2 aromatic heterocycles. The minimum atomic E-state index is -0.373. The maximum Gasteiger partial charge on any atom is 0.341 e. The van der Waals surface area contributed by atoms with Crippen molar-refractivity contribution in [2.45, 2.75) is 24.6 Å². The number of methoxy groups -OCH3 is 1. The maximum atomic E-state index is 11.6. The summed E-state index contributed by atoms with van der Waals surface area (Å²) >= 11 is 1.59. The molecular formula is C18H17NO3S. The van der Waals surface area contributed by atoms with E-state index < -0.39 is 0 Å². The summed E-state index contributed by atoms with van der Waals surface area (Å²) in [6.45, 7) is 3.85. The van der Waals surface area contributed by atoms with Crippen molar-refractivity contribution in [3.8, 4) is 0 Å². The van der Waals surface area contributed by atoms with Crippen LogP contribution < -0.4 is 0 Å². The molecular weight excluding hydrogens is 310 g/mol. The van der Waals surface area contributed by atoms with Gasteiger partial charge < -0.3 is 9.15 Å². The average Bonchev–Trinajstić information content (AvgIpc) is 2.93. The number of pyridine rings is 1. The second-order valence-electron chi connectivity index (χ2n) is 5.26. The summed E-state index contributed by atoms with van der Waals surface area (Å²) in [5.41, 5.74) is 2.66. The van der Waals surface area contributed by atoms with E-state index in [2.05, 4.69) is 24.0 Å². The molecule has 0 aliphatic carbocycles. The monoisotopic (exact) mass is 327 g/mol. The SMILES string of the molecule is COC(=O)c1cc(CSc2cc(C)c3ccccc3n2)oc1C. The van der Waals surface area contributed by atoms with E-state index in [4.69, 9.17) is 9.15 Å². The molecule has 3 rings (SSSR count). The Morgan fingerprint density at radius 3 is 2.83 bits per heavy atom. The molecule has 0 N–H and O–H groups in total. The highest BCUT2D eigenvalue weighted by Crippen LogP contribution is 2.27. The van der Waals surface area contributed by atoms with Gasteiger partial charge in [-0.05, 0) is 37.6 Å². The Morgan fingerprint density at radius 2 is 2.04 bits per heavy atom. The lowest BCUT2D eigenvalue weighted by Gasteiger charge is -2.05. The van der Waals surface area contributed by atoms with Crippen LogP contribution in [0, 0.1) is 13.8 Å². The van der Waals surface area contributed by atoms with E-state index in [1.165, 1.54) is 18.1 Å². The number of benzene rings is 1. The third kappa shape index (κ3) is 3.24. The topological polar surface area (TPSA) is 52.3 Å². The first-order chi connectivity index (χ1) is 11.1. The minimum Gasteiger partial charge on any atom is -0.465 e. The van der Waals surface area contributed by atoms with Gasteiger partial charge in [0.05, 0.1) is 23.4 Å². The molecule has 0 bridgehead atoms. The predicted octanol–water partition coefficient (Wildman–Crippen LogP) is 4.52. The normalized spacial score (nSPS) is 10.9. The summed E-state index contributed by atoms with van der Waals surface area (Å²) in [7, 11) is 1.37. The zero-order valence-corrected chi connectivity index (χ0v) is 14.1. The van der Waals surface area contributed by atoms with Crippen molar-refractivity contribution in [1.82, 2.24) is 4.98 Å². The summed E-state index contributed by atoms with van der Waals surface area (Å²) in [5.74, 6) is 1.56. The number of ether oxygens (including phenoxy) is 1. The van der Waals surface area contributed by atoms with Crippen LogP contribution in [0.15, 0.2) is 45.8 Å². The van der Waals surface area contributed by atoms with Gasteiger partial charge in [0.1, 0.15) is 17.1 Å². The number of rotatable bonds is 4. The van der Waals surface area contributed by atoms with E-state index in [9.17, 15) is 4.79 Å². The van der Waals surface area contributed by atoms with Crippen LogP contribution in [0.4, 0.5) is 0 Å². The van der Waals surface area contributed by atoms with Crippen molar-refractivity contribution in [3.63, 3.8) is 0 Å². The number of para-hydroxylation sites is 1. The number of esters is 1. The number of furan rings is 1. The second kappa shape index (κ2) is 6.46. The average molecular weight is 327 g/mol. The van der Waals surface area contributed by atoms with Crippen molar-refractivity contribution in [1.29, 1.82) is 0 Å². The van der Waals surface area contributed by atoms with Gasteiger partial charge in [0.15, 0.2) is 0 Å². The standard InChI is InChI=1S/C18H17NO3S/c1-11-8-17(19-16-7-5-4-6-14(11)16)23-10-13-9-15(12(2)22-13)18(20)21-3/h4-9H,10H2,1-3H3.